The Morgan fingerprint density at radius 1 is 1.18 bits per heavy atom. The Hall–Kier alpha value is -4.04. The lowest BCUT2D eigenvalue weighted by molar-refractivity contribution is -0.131. The van der Waals surface area contributed by atoms with E-state index in [0.717, 1.165) is 0 Å². The minimum atomic E-state index is -0.386. The van der Waals surface area contributed by atoms with Crippen molar-refractivity contribution in [3.8, 4) is 5.75 Å². The second-order valence-electron chi connectivity index (χ2n) is 7.07. The summed E-state index contributed by atoms with van der Waals surface area (Å²) in [5.41, 5.74) is 1.75. The predicted molar refractivity (Wildman–Crippen MR) is 125 cm³/mol. The van der Waals surface area contributed by atoms with Gasteiger partial charge in [0.2, 0.25) is 11.8 Å². The zero-order valence-corrected chi connectivity index (χ0v) is 18.5. The van der Waals surface area contributed by atoms with E-state index >= 15 is 0 Å². The first-order valence-corrected chi connectivity index (χ1v) is 10.5. The van der Waals surface area contributed by atoms with Crippen LogP contribution in [0.25, 0.3) is 11.7 Å². The Labute approximate surface area is 195 Å². The van der Waals surface area contributed by atoms with Crippen molar-refractivity contribution < 1.29 is 18.7 Å². The lowest BCUT2D eigenvalue weighted by Gasteiger charge is -2.20. The van der Waals surface area contributed by atoms with Gasteiger partial charge in [0, 0.05) is 12.3 Å². The SMILES string of the molecule is COc1ccccc1NC(=O)CN(Cc1ccco1)C(=O)C=Cc1c(Cl)nc2ccccn12. The average molecular weight is 465 g/mol. The van der Waals surface area contributed by atoms with Gasteiger partial charge in [-0.25, -0.2) is 4.98 Å². The van der Waals surface area contributed by atoms with E-state index in [0.29, 0.717) is 28.5 Å². The number of carbonyl (C=O) groups is 2. The zero-order valence-electron chi connectivity index (χ0n) is 17.8. The molecule has 0 atom stereocenters. The monoisotopic (exact) mass is 464 g/mol. The smallest absolute Gasteiger partial charge is 0.247 e. The molecule has 8 nitrogen and oxygen atoms in total. The number of nitrogens with one attached hydrogen (secondary N) is 1. The van der Waals surface area contributed by atoms with Crippen LogP contribution >= 0.6 is 11.6 Å². The van der Waals surface area contributed by atoms with E-state index in [1.165, 1.54) is 24.3 Å². The molecule has 1 N–H and O–H groups in total. The Kier molecular flexibility index (Phi) is 6.75. The number of aromatic nitrogens is 2. The van der Waals surface area contributed by atoms with Crippen molar-refractivity contribution in [1.29, 1.82) is 0 Å². The van der Waals surface area contributed by atoms with E-state index in [1.54, 1.807) is 53.1 Å². The number of pyridine rings is 1. The number of imidazole rings is 1. The number of amides is 2. The fourth-order valence-electron chi connectivity index (χ4n) is 3.30. The minimum absolute atomic E-state index is 0.121. The van der Waals surface area contributed by atoms with Crippen molar-refractivity contribution >= 4 is 40.8 Å². The first kappa shape index (κ1) is 22.2. The number of fused-ring (bicyclic) bond motifs is 1. The van der Waals surface area contributed by atoms with Gasteiger partial charge in [0.05, 0.1) is 31.3 Å². The number of anilines is 1. The summed E-state index contributed by atoms with van der Waals surface area (Å²) >= 11 is 6.25. The van der Waals surface area contributed by atoms with Gasteiger partial charge in [0.1, 0.15) is 23.7 Å². The number of hydrogen-bond acceptors (Lipinski definition) is 5. The largest absolute Gasteiger partial charge is 0.495 e. The van der Waals surface area contributed by atoms with Gasteiger partial charge >= 0.3 is 0 Å². The van der Waals surface area contributed by atoms with E-state index in [1.807, 2.05) is 18.2 Å². The molecule has 0 fully saturated rings. The number of methoxy groups -OCH3 is 1. The Balaban J connectivity index is 1.53. The van der Waals surface area contributed by atoms with Crippen LogP contribution in [0.5, 0.6) is 5.75 Å². The lowest BCUT2D eigenvalue weighted by atomic mass is 10.3. The molecule has 0 spiro atoms. The van der Waals surface area contributed by atoms with Gasteiger partial charge in [0.15, 0.2) is 5.15 Å². The van der Waals surface area contributed by atoms with E-state index in [9.17, 15) is 9.59 Å². The number of para-hydroxylation sites is 2. The van der Waals surface area contributed by atoms with Crippen LogP contribution < -0.4 is 10.1 Å². The lowest BCUT2D eigenvalue weighted by Crippen LogP contribution is -2.36. The highest BCUT2D eigenvalue weighted by molar-refractivity contribution is 6.31. The molecule has 3 heterocycles. The Morgan fingerprint density at radius 3 is 2.79 bits per heavy atom. The zero-order chi connectivity index (χ0) is 23.2. The van der Waals surface area contributed by atoms with E-state index in [2.05, 4.69) is 10.3 Å². The standard InChI is InChI=1S/C24H21ClN4O4/c1-32-20-9-3-2-8-18(20)26-22(30)16-28(15-17-7-6-14-33-17)23(31)12-11-19-24(25)27-21-10-4-5-13-29(19)21/h2-14H,15-16H2,1H3,(H,26,30). The van der Waals surface area contributed by atoms with Gasteiger partial charge in [-0.2, -0.15) is 0 Å². The summed E-state index contributed by atoms with van der Waals surface area (Å²) in [5, 5.41) is 3.06. The summed E-state index contributed by atoms with van der Waals surface area (Å²) in [4.78, 5) is 31.4. The van der Waals surface area contributed by atoms with Crippen molar-refractivity contribution in [2.24, 2.45) is 0 Å². The van der Waals surface area contributed by atoms with Crippen molar-refractivity contribution in [2.75, 3.05) is 19.0 Å². The third-order valence-electron chi connectivity index (χ3n) is 4.86. The molecule has 3 aromatic heterocycles. The number of ether oxygens (including phenoxy) is 1. The van der Waals surface area contributed by atoms with Gasteiger partial charge in [0.25, 0.3) is 0 Å². The van der Waals surface area contributed by atoms with Gasteiger partial charge < -0.3 is 19.4 Å². The summed E-state index contributed by atoms with van der Waals surface area (Å²) in [6.45, 7) is -0.0702. The molecule has 0 saturated heterocycles. The fourth-order valence-corrected chi connectivity index (χ4v) is 3.54. The van der Waals surface area contributed by atoms with E-state index in [4.69, 9.17) is 20.8 Å². The number of halogens is 1. The molecule has 9 heteroatoms. The molecule has 0 bridgehead atoms. The molecule has 0 aliphatic heterocycles. The number of furan rings is 1. The third kappa shape index (κ3) is 5.24. The minimum Gasteiger partial charge on any atom is -0.495 e. The van der Waals surface area contributed by atoms with Crippen LogP contribution in [0.1, 0.15) is 11.5 Å². The first-order valence-electron chi connectivity index (χ1n) is 10.1. The van der Waals surface area contributed by atoms with Crippen molar-refractivity contribution in [1.82, 2.24) is 14.3 Å². The van der Waals surface area contributed by atoms with Gasteiger partial charge in [-0.15, -0.1) is 0 Å². The van der Waals surface area contributed by atoms with Crippen LogP contribution in [-0.4, -0.2) is 39.8 Å². The van der Waals surface area contributed by atoms with Crippen LogP contribution in [0.2, 0.25) is 5.15 Å². The molecule has 2 amide bonds. The molecule has 4 rings (SSSR count). The molecule has 0 saturated carbocycles. The maximum absolute atomic E-state index is 13.0. The van der Waals surface area contributed by atoms with Gasteiger partial charge in [-0.1, -0.05) is 29.8 Å². The van der Waals surface area contributed by atoms with Crippen LogP contribution in [0.15, 0.2) is 77.6 Å². The number of hydrogen-bond donors (Lipinski definition) is 1. The average Bonchev–Trinajstić information content (AvgIpc) is 3.44. The van der Waals surface area contributed by atoms with Crippen molar-refractivity contribution in [2.45, 2.75) is 6.54 Å². The molecule has 168 valence electrons. The second-order valence-corrected chi connectivity index (χ2v) is 7.43. The summed E-state index contributed by atoms with van der Waals surface area (Å²) in [7, 11) is 1.52. The molecule has 0 aliphatic carbocycles. The Morgan fingerprint density at radius 2 is 2.00 bits per heavy atom. The molecule has 33 heavy (non-hydrogen) atoms. The normalized spacial score (nSPS) is 11.1. The number of carbonyl (C=O) groups excluding carboxylic acids is 2. The Bertz CT molecular complexity index is 1300. The van der Waals surface area contributed by atoms with Crippen LogP contribution in [0.4, 0.5) is 5.69 Å². The number of nitrogens with zero attached hydrogens (tertiary/aromatic N) is 3. The molecule has 1 aromatic carbocycles. The van der Waals surface area contributed by atoms with Gasteiger partial charge in [-0.3, -0.25) is 14.0 Å². The molecule has 0 radical (unpaired) electrons. The molecular weight excluding hydrogens is 444 g/mol. The maximum Gasteiger partial charge on any atom is 0.247 e. The second kappa shape index (κ2) is 10.1. The van der Waals surface area contributed by atoms with Crippen LogP contribution in [0.3, 0.4) is 0 Å². The summed E-state index contributed by atoms with van der Waals surface area (Å²) in [6.07, 6.45) is 6.26. The van der Waals surface area contributed by atoms with E-state index < -0.39 is 0 Å². The highest BCUT2D eigenvalue weighted by Crippen LogP contribution is 2.23. The predicted octanol–water partition coefficient (Wildman–Crippen LogP) is 4.27. The van der Waals surface area contributed by atoms with Crippen molar-refractivity contribution in [3.05, 3.63) is 89.7 Å². The van der Waals surface area contributed by atoms with Crippen LogP contribution in [-0.2, 0) is 16.1 Å². The molecule has 4 aromatic rings. The highest BCUT2D eigenvalue weighted by atomic mass is 35.5. The molecule has 0 unspecified atom stereocenters. The number of rotatable bonds is 8. The van der Waals surface area contributed by atoms with Gasteiger partial charge in [-0.05, 0) is 42.5 Å². The maximum atomic E-state index is 13.0. The van der Waals surface area contributed by atoms with E-state index in [-0.39, 0.29) is 30.1 Å². The summed E-state index contributed by atoms with van der Waals surface area (Å²) in [5.74, 6) is 0.316. The van der Waals surface area contributed by atoms with Crippen LogP contribution in [0, 0.1) is 0 Å². The highest BCUT2D eigenvalue weighted by Gasteiger charge is 2.18. The summed E-state index contributed by atoms with van der Waals surface area (Å²) < 4.78 is 12.4. The topological polar surface area (TPSA) is 89.1 Å². The summed E-state index contributed by atoms with van der Waals surface area (Å²) in [6, 6.07) is 16.0. The van der Waals surface area contributed by atoms with Crippen molar-refractivity contribution in [3.63, 3.8) is 0 Å². The number of benzene rings is 1. The molecule has 0 aliphatic rings. The third-order valence-corrected chi connectivity index (χ3v) is 5.14. The molecular formula is C24H21ClN4O4. The fraction of sp³-hybridized carbons (Fsp3) is 0.125. The first-order chi connectivity index (χ1) is 16.0. The quantitative estimate of drug-likeness (QED) is 0.393.